The predicted octanol–water partition coefficient (Wildman–Crippen LogP) is 3.52. The van der Waals surface area contributed by atoms with Crippen molar-refractivity contribution in [1.82, 2.24) is 0 Å². The molecule has 2 rings (SSSR count). The van der Waals surface area contributed by atoms with Crippen LogP contribution in [0.15, 0.2) is 35.7 Å². The summed E-state index contributed by atoms with van der Waals surface area (Å²) in [4.78, 5) is 1.30. The highest BCUT2D eigenvalue weighted by molar-refractivity contribution is 7.09. The number of halogens is 1. The monoisotopic (exact) mass is 268 g/mol. The van der Waals surface area contributed by atoms with Crippen LogP contribution in [-0.2, 0) is 13.0 Å². The summed E-state index contributed by atoms with van der Waals surface area (Å²) in [7, 11) is 0. The van der Waals surface area contributed by atoms with E-state index in [-0.39, 0.29) is 6.61 Å². The third-order valence-electron chi connectivity index (χ3n) is 2.36. The fraction of sp³-hybridized carbons (Fsp3) is 0.231. The minimum absolute atomic E-state index is 0.00477. The third-order valence-corrected chi connectivity index (χ3v) is 3.60. The maximum atomic E-state index is 8.96. The van der Waals surface area contributed by atoms with Crippen molar-refractivity contribution < 1.29 is 9.84 Å². The zero-order chi connectivity index (χ0) is 12.1. The van der Waals surface area contributed by atoms with Crippen LogP contribution in [0.25, 0.3) is 0 Å². The van der Waals surface area contributed by atoms with E-state index in [1.54, 1.807) is 23.5 Å². The van der Waals surface area contributed by atoms with Crippen LogP contribution in [0.4, 0.5) is 0 Å². The molecule has 0 unspecified atom stereocenters. The summed E-state index contributed by atoms with van der Waals surface area (Å²) in [5, 5.41) is 11.6. The lowest BCUT2D eigenvalue weighted by atomic mass is 10.2. The molecule has 1 aromatic heterocycles. The summed E-state index contributed by atoms with van der Waals surface area (Å²) in [6.07, 6.45) is 0.885. The Hall–Kier alpha value is -1.03. The van der Waals surface area contributed by atoms with Crippen LogP contribution in [0.5, 0.6) is 5.75 Å². The summed E-state index contributed by atoms with van der Waals surface area (Å²) in [6, 6.07) is 9.45. The molecule has 1 N–H and O–H groups in total. The van der Waals surface area contributed by atoms with Gasteiger partial charge in [-0.1, -0.05) is 23.7 Å². The van der Waals surface area contributed by atoms with E-state index in [4.69, 9.17) is 21.4 Å². The molecule has 0 atom stereocenters. The van der Waals surface area contributed by atoms with Gasteiger partial charge in [0.15, 0.2) is 0 Å². The van der Waals surface area contributed by atoms with Crippen molar-refractivity contribution in [2.45, 2.75) is 13.0 Å². The zero-order valence-corrected chi connectivity index (χ0v) is 10.8. The van der Waals surface area contributed by atoms with E-state index in [1.807, 2.05) is 12.1 Å². The summed E-state index contributed by atoms with van der Waals surface area (Å²) in [6.45, 7) is 0.605. The molecule has 2 nitrogen and oxygen atoms in total. The molecule has 0 spiro atoms. The first-order valence-electron chi connectivity index (χ1n) is 5.34. The van der Waals surface area contributed by atoms with Gasteiger partial charge in [0.2, 0.25) is 0 Å². The molecule has 0 radical (unpaired) electrons. The smallest absolute Gasteiger partial charge is 0.137 e. The van der Waals surface area contributed by atoms with Crippen LogP contribution in [0, 0.1) is 0 Å². The fourth-order valence-corrected chi connectivity index (χ4v) is 2.42. The van der Waals surface area contributed by atoms with Crippen LogP contribution in [0.3, 0.4) is 0 Å². The molecule has 0 saturated heterocycles. The van der Waals surface area contributed by atoms with Gasteiger partial charge in [-0.15, -0.1) is 11.3 Å². The van der Waals surface area contributed by atoms with Gasteiger partial charge < -0.3 is 9.84 Å². The van der Waals surface area contributed by atoms with Crippen molar-refractivity contribution in [1.29, 1.82) is 0 Å². The highest BCUT2D eigenvalue weighted by atomic mass is 35.5. The molecule has 1 aromatic carbocycles. The normalized spacial score (nSPS) is 10.5. The minimum atomic E-state index is -0.00477. The van der Waals surface area contributed by atoms with Gasteiger partial charge in [-0.3, -0.25) is 0 Å². The number of aliphatic hydroxyl groups excluding tert-OH is 1. The van der Waals surface area contributed by atoms with E-state index in [0.717, 1.165) is 12.0 Å². The van der Waals surface area contributed by atoms with E-state index in [1.165, 1.54) is 4.88 Å². The Morgan fingerprint density at radius 1 is 1.29 bits per heavy atom. The number of ether oxygens (including phenoxy) is 1. The third kappa shape index (κ3) is 3.46. The molecule has 0 bridgehead atoms. The number of thiophene rings is 1. The van der Waals surface area contributed by atoms with Crippen molar-refractivity contribution in [2.75, 3.05) is 6.61 Å². The van der Waals surface area contributed by atoms with Crippen molar-refractivity contribution in [3.8, 4) is 5.75 Å². The van der Waals surface area contributed by atoms with E-state index in [2.05, 4.69) is 11.4 Å². The summed E-state index contributed by atoms with van der Waals surface area (Å²) in [5.41, 5.74) is 0.792. The second-order valence-corrected chi connectivity index (χ2v) is 5.04. The van der Waals surface area contributed by atoms with Crippen molar-refractivity contribution in [2.24, 2.45) is 0 Å². The van der Waals surface area contributed by atoms with E-state index >= 15 is 0 Å². The second kappa shape index (κ2) is 6.05. The molecule has 0 aliphatic heterocycles. The van der Waals surface area contributed by atoms with Gasteiger partial charge in [-0.25, -0.2) is 0 Å². The van der Waals surface area contributed by atoms with Gasteiger partial charge in [-0.2, -0.15) is 0 Å². The molecule has 0 fully saturated rings. The molecule has 4 heteroatoms. The second-order valence-electron chi connectivity index (χ2n) is 3.60. The SMILES string of the molecule is OCc1ccc(OCCc2cccs2)c(Cl)c1. The first-order chi connectivity index (χ1) is 8.29. The molecule has 0 aliphatic rings. The fourth-order valence-electron chi connectivity index (χ4n) is 1.48. The molecule has 17 heavy (non-hydrogen) atoms. The summed E-state index contributed by atoms with van der Waals surface area (Å²) in [5.74, 6) is 0.667. The van der Waals surface area contributed by atoms with Gasteiger partial charge in [0, 0.05) is 11.3 Å². The molecule has 90 valence electrons. The Kier molecular flexibility index (Phi) is 4.42. The first-order valence-corrected chi connectivity index (χ1v) is 6.60. The van der Waals surface area contributed by atoms with Crippen molar-refractivity contribution in [3.05, 3.63) is 51.2 Å². The lowest BCUT2D eigenvalue weighted by Crippen LogP contribution is -2.00. The summed E-state index contributed by atoms with van der Waals surface area (Å²) < 4.78 is 5.60. The molecule has 0 amide bonds. The van der Waals surface area contributed by atoms with E-state index in [0.29, 0.717) is 17.4 Å². The molecule has 1 heterocycles. The topological polar surface area (TPSA) is 29.5 Å². The number of hydrogen-bond donors (Lipinski definition) is 1. The van der Waals surface area contributed by atoms with Crippen LogP contribution in [0.2, 0.25) is 5.02 Å². The zero-order valence-electron chi connectivity index (χ0n) is 9.23. The van der Waals surface area contributed by atoms with Gasteiger partial charge >= 0.3 is 0 Å². The van der Waals surface area contributed by atoms with Crippen LogP contribution < -0.4 is 4.74 Å². The van der Waals surface area contributed by atoms with Gasteiger partial charge in [0.1, 0.15) is 5.75 Å². The van der Waals surface area contributed by atoms with Gasteiger partial charge in [-0.05, 0) is 29.1 Å². The number of hydrogen-bond acceptors (Lipinski definition) is 3. The molecular formula is C13H13ClO2S. The highest BCUT2D eigenvalue weighted by Crippen LogP contribution is 2.25. The predicted molar refractivity (Wildman–Crippen MR) is 70.9 cm³/mol. The Labute approximate surface area is 109 Å². The van der Waals surface area contributed by atoms with Crippen LogP contribution in [0.1, 0.15) is 10.4 Å². The Morgan fingerprint density at radius 3 is 2.82 bits per heavy atom. The first kappa shape index (κ1) is 12.4. The maximum absolute atomic E-state index is 8.96. The molecular weight excluding hydrogens is 256 g/mol. The lowest BCUT2D eigenvalue weighted by molar-refractivity contribution is 0.281. The number of rotatable bonds is 5. The average molecular weight is 269 g/mol. The number of aliphatic hydroxyl groups is 1. The highest BCUT2D eigenvalue weighted by Gasteiger charge is 2.03. The Balaban J connectivity index is 1.90. The van der Waals surface area contributed by atoms with Crippen molar-refractivity contribution >= 4 is 22.9 Å². The van der Waals surface area contributed by atoms with Gasteiger partial charge in [0.25, 0.3) is 0 Å². The van der Waals surface area contributed by atoms with Gasteiger partial charge in [0.05, 0.1) is 18.2 Å². The minimum Gasteiger partial charge on any atom is -0.492 e. The van der Waals surface area contributed by atoms with Crippen molar-refractivity contribution in [3.63, 3.8) is 0 Å². The average Bonchev–Trinajstić information content (AvgIpc) is 2.84. The van der Waals surface area contributed by atoms with Crippen LogP contribution >= 0.6 is 22.9 Å². The van der Waals surface area contributed by atoms with E-state index in [9.17, 15) is 0 Å². The Bertz CT molecular complexity index is 468. The number of benzene rings is 1. The molecule has 0 saturated carbocycles. The molecule has 2 aromatic rings. The molecule has 0 aliphatic carbocycles. The quantitative estimate of drug-likeness (QED) is 0.899. The van der Waals surface area contributed by atoms with Crippen LogP contribution in [-0.4, -0.2) is 11.7 Å². The lowest BCUT2D eigenvalue weighted by Gasteiger charge is -2.08. The Morgan fingerprint density at radius 2 is 2.18 bits per heavy atom. The summed E-state index contributed by atoms with van der Waals surface area (Å²) >= 11 is 7.76. The largest absolute Gasteiger partial charge is 0.492 e. The standard InChI is InChI=1S/C13H13ClO2S/c14-12-8-10(9-15)3-4-13(12)16-6-5-11-2-1-7-17-11/h1-4,7-8,15H,5-6,9H2. The maximum Gasteiger partial charge on any atom is 0.137 e. The van der Waals surface area contributed by atoms with E-state index < -0.39 is 0 Å².